The van der Waals surface area contributed by atoms with E-state index in [4.69, 9.17) is 5.73 Å². The van der Waals surface area contributed by atoms with Crippen molar-refractivity contribution in [1.29, 1.82) is 0 Å². The minimum atomic E-state index is -0.00523. The van der Waals surface area contributed by atoms with E-state index in [1.807, 2.05) is 19.1 Å². The molecule has 3 N–H and O–H groups in total. The normalized spacial score (nSPS) is 23.5. The van der Waals surface area contributed by atoms with Gasteiger partial charge in [0.1, 0.15) is 0 Å². The molecular formula is C15H21N3O. The largest absolute Gasteiger partial charge is 0.398 e. The lowest BCUT2D eigenvalue weighted by molar-refractivity contribution is 0.0937. The average Bonchev–Trinajstić information content (AvgIpc) is 3.14. The molecule has 3 rings (SSSR count). The quantitative estimate of drug-likeness (QED) is 0.810. The predicted octanol–water partition coefficient (Wildman–Crippen LogP) is 1.54. The minimum Gasteiger partial charge on any atom is -0.398 e. The first-order valence-electron chi connectivity index (χ1n) is 7.04. The molecule has 19 heavy (non-hydrogen) atoms. The molecule has 2 aliphatic rings. The van der Waals surface area contributed by atoms with Crippen molar-refractivity contribution in [1.82, 2.24) is 10.2 Å². The lowest BCUT2D eigenvalue weighted by atomic mass is 10.1. The molecule has 1 aromatic rings. The Hall–Kier alpha value is -1.55. The Bertz CT molecular complexity index is 496. The zero-order chi connectivity index (χ0) is 13.4. The highest BCUT2D eigenvalue weighted by Gasteiger charge is 2.34. The maximum Gasteiger partial charge on any atom is 0.251 e. The van der Waals surface area contributed by atoms with Crippen LogP contribution in [0.2, 0.25) is 0 Å². The van der Waals surface area contributed by atoms with E-state index in [9.17, 15) is 4.79 Å². The summed E-state index contributed by atoms with van der Waals surface area (Å²) in [4.78, 5) is 14.7. The van der Waals surface area contributed by atoms with Gasteiger partial charge in [-0.25, -0.2) is 0 Å². The molecule has 0 bridgehead atoms. The van der Waals surface area contributed by atoms with Crippen LogP contribution in [-0.4, -0.2) is 36.0 Å². The van der Waals surface area contributed by atoms with E-state index >= 15 is 0 Å². The van der Waals surface area contributed by atoms with Crippen LogP contribution in [-0.2, 0) is 0 Å². The number of likely N-dealkylation sites (tertiary alicyclic amines) is 1. The van der Waals surface area contributed by atoms with Gasteiger partial charge in [-0.15, -0.1) is 0 Å². The van der Waals surface area contributed by atoms with Crippen molar-refractivity contribution in [3.8, 4) is 0 Å². The molecule has 102 valence electrons. The number of carbonyl (C=O) groups is 1. The van der Waals surface area contributed by atoms with Crippen molar-refractivity contribution >= 4 is 11.6 Å². The smallest absolute Gasteiger partial charge is 0.251 e. The third kappa shape index (κ3) is 2.73. The van der Waals surface area contributed by atoms with Gasteiger partial charge in [-0.3, -0.25) is 9.69 Å². The number of rotatable bonds is 3. The van der Waals surface area contributed by atoms with Gasteiger partial charge in [-0.05, 0) is 43.9 Å². The SMILES string of the molecule is Cc1ccc(C(=O)NC2CCN(C3CC3)C2)cc1N. The van der Waals surface area contributed by atoms with E-state index in [-0.39, 0.29) is 11.9 Å². The number of nitrogens with one attached hydrogen (secondary N) is 1. The predicted molar refractivity (Wildman–Crippen MR) is 76.1 cm³/mol. The number of anilines is 1. The number of nitrogens with two attached hydrogens (primary N) is 1. The van der Waals surface area contributed by atoms with Crippen molar-refractivity contribution in [2.75, 3.05) is 18.8 Å². The van der Waals surface area contributed by atoms with Crippen LogP contribution < -0.4 is 11.1 Å². The van der Waals surface area contributed by atoms with Gasteiger partial charge < -0.3 is 11.1 Å². The zero-order valence-corrected chi connectivity index (χ0v) is 11.4. The Morgan fingerprint density at radius 3 is 2.84 bits per heavy atom. The molecule has 1 atom stereocenters. The Kier molecular flexibility index (Phi) is 3.19. The second-order valence-electron chi connectivity index (χ2n) is 5.76. The molecule has 1 saturated heterocycles. The molecule has 0 radical (unpaired) electrons. The second kappa shape index (κ2) is 4.85. The first-order chi connectivity index (χ1) is 9.13. The number of aryl methyl sites for hydroxylation is 1. The standard InChI is InChI=1S/C15H21N3O/c1-10-2-3-11(8-14(10)16)15(19)17-12-6-7-18(9-12)13-4-5-13/h2-3,8,12-13H,4-7,9,16H2,1H3,(H,17,19). The van der Waals surface area contributed by atoms with E-state index in [2.05, 4.69) is 10.2 Å². The summed E-state index contributed by atoms with van der Waals surface area (Å²) in [7, 11) is 0. The van der Waals surface area contributed by atoms with Crippen molar-refractivity contribution < 1.29 is 4.79 Å². The highest BCUT2D eigenvalue weighted by Crippen LogP contribution is 2.29. The molecule has 1 aromatic carbocycles. The summed E-state index contributed by atoms with van der Waals surface area (Å²) >= 11 is 0. The summed E-state index contributed by atoms with van der Waals surface area (Å²) < 4.78 is 0. The Morgan fingerprint density at radius 1 is 1.37 bits per heavy atom. The van der Waals surface area contributed by atoms with E-state index < -0.39 is 0 Å². The molecule has 1 amide bonds. The fourth-order valence-electron chi connectivity index (χ4n) is 2.73. The summed E-state index contributed by atoms with van der Waals surface area (Å²) in [5.74, 6) is -0.00523. The van der Waals surface area contributed by atoms with Gasteiger partial charge in [0.05, 0.1) is 0 Å². The highest BCUT2D eigenvalue weighted by atomic mass is 16.1. The second-order valence-corrected chi connectivity index (χ2v) is 5.76. The van der Waals surface area contributed by atoms with Crippen LogP contribution in [0, 0.1) is 6.92 Å². The number of carbonyl (C=O) groups excluding carboxylic acids is 1. The summed E-state index contributed by atoms with van der Waals surface area (Å²) in [6.45, 7) is 4.06. The zero-order valence-electron chi connectivity index (χ0n) is 11.4. The molecule has 0 spiro atoms. The lowest BCUT2D eigenvalue weighted by Gasteiger charge is -2.16. The number of hydrogen-bond acceptors (Lipinski definition) is 3. The third-order valence-corrected chi connectivity index (χ3v) is 4.16. The van der Waals surface area contributed by atoms with Gasteiger partial charge in [-0.1, -0.05) is 6.07 Å². The average molecular weight is 259 g/mol. The molecule has 2 fully saturated rings. The minimum absolute atomic E-state index is 0.00523. The first-order valence-corrected chi connectivity index (χ1v) is 7.04. The molecular weight excluding hydrogens is 238 g/mol. The van der Waals surface area contributed by atoms with Gasteiger partial charge in [0.15, 0.2) is 0 Å². The lowest BCUT2D eigenvalue weighted by Crippen LogP contribution is -2.37. The highest BCUT2D eigenvalue weighted by molar-refractivity contribution is 5.95. The molecule has 1 unspecified atom stereocenters. The van der Waals surface area contributed by atoms with Crippen molar-refractivity contribution in [3.63, 3.8) is 0 Å². The van der Waals surface area contributed by atoms with Crippen LogP contribution in [0.15, 0.2) is 18.2 Å². The topological polar surface area (TPSA) is 58.4 Å². The Morgan fingerprint density at radius 2 is 2.16 bits per heavy atom. The summed E-state index contributed by atoms with van der Waals surface area (Å²) in [6.07, 6.45) is 3.72. The molecule has 1 aliphatic carbocycles. The maximum atomic E-state index is 12.2. The molecule has 1 aliphatic heterocycles. The van der Waals surface area contributed by atoms with Gasteiger partial charge in [0.2, 0.25) is 0 Å². The van der Waals surface area contributed by atoms with E-state index in [1.165, 1.54) is 12.8 Å². The van der Waals surface area contributed by atoms with Gasteiger partial charge in [0.25, 0.3) is 5.91 Å². The number of benzene rings is 1. The van der Waals surface area contributed by atoms with Gasteiger partial charge in [0, 0.05) is 36.4 Å². The fraction of sp³-hybridized carbons (Fsp3) is 0.533. The summed E-state index contributed by atoms with van der Waals surface area (Å²) in [5.41, 5.74) is 8.20. The van der Waals surface area contributed by atoms with Crippen LogP contribution in [0.25, 0.3) is 0 Å². The Balaban J connectivity index is 1.60. The van der Waals surface area contributed by atoms with E-state index in [0.29, 0.717) is 11.3 Å². The first kappa shape index (κ1) is 12.5. The number of nitrogens with zero attached hydrogens (tertiary/aromatic N) is 1. The third-order valence-electron chi connectivity index (χ3n) is 4.16. The van der Waals surface area contributed by atoms with Crippen LogP contribution in [0.4, 0.5) is 5.69 Å². The molecule has 4 heteroatoms. The molecule has 4 nitrogen and oxygen atoms in total. The van der Waals surface area contributed by atoms with E-state index in [0.717, 1.165) is 31.1 Å². The number of hydrogen-bond donors (Lipinski definition) is 2. The van der Waals surface area contributed by atoms with Crippen LogP contribution in [0.1, 0.15) is 35.2 Å². The molecule has 0 aromatic heterocycles. The van der Waals surface area contributed by atoms with Crippen molar-refractivity contribution in [3.05, 3.63) is 29.3 Å². The fourth-order valence-corrected chi connectivity index (χ4v) is 2.73. The summed E-state index contributed by atoms with van der Waals surface area (Å²) in [5, 5.41) is 3.12. The van der Waals surface area contributed by atoms with Gasteiger partial charge >= 0.3 is 0 Å². The van der Waals surface area contributed by atoms with Crippen LogP contribution >= 0.6 is 0 Å². The summed E-state index contributed by atoms with van der Waals surface area (Å²) in [6, 6.07) is 6.58. The van der Waals surface area contributed by atoms with Crippen molar-refractivity contribution in [2.45, 2.75) is 38.3 Å². The Labute approximate surface area is 114 Å². The van der Waals surface area contributed by atoms with Crippen LogP contribution in [0.3, 0.4) is 0 Å². The van der Waals surface area contributed by atoms with Gasteiger partial charge in [-0.2, -0.15) is 0 Å². The molecule has 1 heterocycles. The van der Waals surface area contributed by atoms with Crippen molar-refractivity contribution in [2.24, 2.45) is 0 Å². The van der Waals surface area contributed by atoms with Crippen LogP contribution in [0.5, 0.6) is 0 Å². The van der Waals surface area contributed by atoms with E-state index in [1.54, 1.807) is 6.07 Å². The monoisotopic (exact) mass is 259 g/mol. The number of nitrogen functional groups attached to an aromatic ring is 1. The maximum absolute atomic E-state index is 12.2. The molecule has 1 saturated carbocycles. The number of amides is 1.